The third kappa shape index (κ3) is 3.96. The quantitative estimate of drug-likeness (QED) is 0.727. The van der Waals surface area contributed by atoms with Gasteiger partial charge in [-0.2, -0.15) is 4.37 Å². The van der Waals surface area contributed by atoms with Crippen LogP contribution in [0.2, 0.25) is 10.2 Å². The first-order valence-electron chi connectivity index (χ1n) is 6.36. The molecule has 3 nitrogen and oxygen atoms in total. The molecule has 0 N–H and O–H groups in total. The average molecular weight is 344 g/mol. The van der Waals surface area contributed by atoms with Gasteiger partial charge in [0.05, 0.1) is 15.5 Å². The lowest BCUT2D eigenvalue weighted by Gasteiger charge is -2.18. The van der Waals surface area contributed by atoms with Gasteiger partial charge in [0, 0.05) is 0 Å². The first-order valence-corrected chi connectivity index (χ1v) is 7.89. The monoisotopic (exact) mass is 343 g/mol. The van der Waals surface area contributed by atoms with Crippen LogP contribution < -0.4 is 0 Å². The predicted molar refractivity (Wildman–Crippen MR) is 86.4 cm³/mol. The van der Waals surface area contributed by atoms with E-state index in [9.17, 15) is 4.79 Å². The van der Waals surface area contributed by atoms with Crippen LogP contribution in [0.25, 0.3) is 0 Å². The van der Waals surface area contributed by atoms with Crippen molar-refractivity contribution in [3.8, 4) is 0 Å². The second kappa shape index (κ2) is 6.34. The molecule has 0 radical (unpaired) electrons. The van der Waals surface area contributed by atoms with Crippen molar-refractivity contribution < 1.29 is 9.53 Å². The molecule has 0 aliphatic carbocycles. The smallest absolute Gasteiger partial charge is 0.338 e. The number of hydrogen-bond donors (Lipinski definition) is 0. The van der Waals surface area contributed by atoms with Crippen molar-refractivity contribution in [2.75, 3.05) is 0 Å². The molecule has 0 saturated heterocycles. The standard InChI is InChI=1S/C15H15Cl2NO2S/c1-15(2,3)10-6-4-9(5-7-10)14(19)20-8-11-12(16)13(17)18-21-11/h4-7H,8H2,1-3H3. The second-order valence-electron chi connectivity index (χ2n) is 5.61. The van der Waals surface area contributed by atoms with E-state index in [0.29, 0.717) is 15.5 Å². The molecule has 0 bridgehead atoms. The minimum absolute atomic E-state index is 0.0509. The molecule has 1 heterocycles. The van der Waals surface area contributed by atoms with Crippen molar-refractivity contribution in [2.24, 2.45) is 0 Å². The number of benzene rings is 1. The van der Waals surface area contributed by atoms with Gasteiger partial charge in [0.25, 0.3) is 0 Å². The summed E-state index contributed by atoms with van der Waals surface area (Å²) in [5, 5.41) is 0.583. The summed E-state index contributed by atoms with van der Waals surface area (Å²) in [4.78, 5) is 12.6. The topological polar surface area (TPSA) is 39.2 Å². The van der Waals surface area contributed by atoms with Crippen molar-refractivity contribution in [2.45, 2.75) is 32.8 Å². The zero-order valence-corrected chi connectivity index (χ0v) is 14.3. The van der Waals surface area contributed by atoms with Crippen molar-refractivity contribution in [3.05, 3.63) is 50.4 Å². The van der Waals surface area contributed by atoms with Gasteiger partial charge in [-0.05, 0) is 34.6 Å². The molecule has 2 aromatic rings. The number of ether oxygens (including phenoxy) is 1. The molecule has 0 amide bonds. The van der Waals surface area contributed by atoms with Crippen molar-refractivity contribution >= 4 is 40.7 Å². The van der Waals surface area contributed by atoms with E-state index in [4.69, 9.17) is 27.9 Å². The fourth-order valence-corrected chi connectivity index (χ4v) is 2.79. The summed E-state index contributed by atoms with van der Waals surface area (Å²) in [5.74, 6) is -0.393. The Bertz CT molecular complexity index is 645. The van der Waals surface area contributed by atoms with Crippen LogP contribution in [0, 0.1) is 0 Å². The van der Waals surface area contributed by atoms with Crippen molar-refractivity contribution in [3.63, 3.8) is 0 Å². The number of carbonyl (C=O) groups excluding carboxylic acids is 1. The van der Waals surface area contributed by atoms with Gasteiger partial charge in [-0.3, -0.25) is 0 Å². The Labute approximate surface area is 138 Å². The molecule has 0 aliphatic heterocycles. The molecule has 0 saturated carbocycles. The number of carbonyl (C=O) groups is 1. The summed E-state index contributed by atoms with van der Waals surface area (Å²) in [7, 11) is 0. The summed E-state index contributed by atoms with van der Waals surface area (Å²) in [5.41, 5.74) is 1.72. The lowest BCUT2D eigenvalue weighted by atomic mass is 9.87. The van der Waals surface area contributed by atoms with Crippen molar-refractivity contribution in [1.82, 2.24) is 4.37 Å². The maximum atomic E-state index is 12.0. The van der Waals surface area contributed by atoms with Crippen LogP contribution in [0.4, 0.5) is 0 Å². The van der Waals surface area contributed by atoms with Crippen LogP contribution in [0.3, 0.4) is 0 Å². The minimum atomic E-state index is -0.393. The van der Waals surface area contributed by atoms with Crippen LogP contribution >= 0.6 is 34.7 Å². The second-order valence-corrected chi connectivity index (χ2v) is 7.21. The number of aromatic nitrogens is 1. The van der Waals surface area contributed by atoms with Gasteiger partial charge in [-0.1, -0.05) is 56.1 Å². The van der Waals surface area contributed by atoms with Crippen molar-refractivity contribution in [1.29, 1.82) is 0 Å². The van der Waals surface area contributed by atoms with Gasteiger partial charge in [-0.15, -0.1) is 0 Å². The minimum Gasteiger partial charge on any atom is -0.456 e. The average Bonchev–Trinajstić information content (AvgIpc) is 2.75. The van der Waals surface area contributed by atoms with E-state index in [1.54, 1.807) is 12.1 Å². The van der Waals surface area contributed by atoms with Gasteiger partial charge >= 0.3 is 5.97 Å². The number of halogens is 2. The SMILES string of the molecule is CC(C)(C)c1ccc(C(=O)OCc2snc(Cl)c2Cl)cc1. The lowest BCUT2D eigenvalue weighted by Crippen LogP contribution is -2.11. The number of esters is 1. The first-order chi connectivity index (χ1) is 9.79. The van der Waals surface area contributed by atoms with E-state index in [2.05, 4.69) is 25.1 Å². The molecule has 0 fully saturated rings. The van der Waals surface area contributed by atoms with E-state index in [1.165, 1.54) is 0 Å². The van der Waals surface area contributed by atoms with Gasteiger partial charge < -0.3 is 4.74 Å². The fourth-order valence-electron chi connectivity index (χ4n) is 1.70. The summed E-state index contributed by atoms with van der Waals surface area (Å²) in [6.45, 7) is 6.44. The molecule has 0 atom stereocenters. The molecule has 2 rings (SSSR count). The number of rotatable bonds is 3. The van der Waals surface area contributed by atoms with E-state index in [0.717, 1.165) is 17.1 Å². The van der Waals surface area contributed by atoms with Gasteiger partial charge in [0.2, 0.25) is 0 Å². The molecule has 1 aromatic heterocycles. The molecular weight excluding hydrogens is 329 g/mol. The van der Waals surface area contributed by atoms with Crippen LogP contribution in [0.1, 0.15) is 41.6 Å². The number of hydrogen-bond acceptors (Lipinski definition) is 4. The Balaban J connectivity index is 2.02. The fraction of sp³-hybridized carbons (Fsp3) is 0.333. The number of nitrogens with zero attached hydrogens (tertiary/aromatic N) is 1. The van der Waals surface area contributed by atoms with Crippen LogP contribution in [0.5, 0.6) is 0 Å². The van der Waals surface area contributed by atoms with Gasteiger partial charge in [-0.25, -0.2) is 4.79 Å². The molecule has 0 unspecified atom stereocenters. The Kier molecular flexibility index (Phi) is 4.91. The summed E-state index contributed by atoms with van der Waals surface area (Å²) < 4.78 is 9.11. The summed E-state index contributed by atoms with van der Waals surface area (Å²) >= 11 is 12.8. The van der Waals surface area contributed by atoms with E-state index in [-0.39, 0.29) is 17.2 Å². The molecule has 6 heteroatoms. The third-order valence-electron chi connectivity index (χ3n) is 2.98. The Hall–Kier alpha value is -1.10. The molecule has 21 heavy (non-hydrogen) atoms. The highest BCUT2D eigenvalue weighted by Crippen LogP contribution is 2.29. The lowest BCUT2D eigenvalue weighted by molar-refractivity contribution is 0.0477. The molecule has 0 aliphatic rings. The van der Waals surface area contributed by atoms with E-state index < -0.39 is 5.97 Å². The predicted octanol–water partition coefficient (Wildman–Crippen LogP) is 5.10. The summed E-state index contributed by atoms with van der Waals surface area (Å²) in [6.07, 6.45) is 0. The third-order valence-corrected chi connectivity index (χ3v) is 4.79. The highest BCUT2D eigenvalue weighted by atomic mass is 35.5. The highest BCUT2D eigenvalue weighted by Gasteiger charge is 2.16. The molecular formula is C15H15Cl2NO2S. The molecule has 112 valence electrons. The van der Waals surface area contributed by atoms with Crippen LogP contribution in [-0.2, 0) is 16.8 Å². The zero-order chi connectivity index (χ0) is 15.6. The summed E-state index contributed by atoms with van der Waals surface area (Å²) in [6, 6.07) is 7.41. The first kappa shape index (κ1) is 16.3. The Morgan fingerprint density at radius 3 is 2.33 bits per heavy atom. The molecule has 1 aromatic carbocycles. The van der Waals surface area contributed by atoms with Crippen LogP contribution in [0.15, 0.2) is 24.3 Å². The molecule has 0 spiro atoms. The highest BCUT2D eigenvalue weighted by molar-refractivity contribution is 7.06. The van der Waals surface area contributed by atoms with E-state index >= 15 is 0 Å². The normalized spacial score (nSPS) is 11.5. The largest absolute Gasteiger partial charge is 0.456 e. The van der Waals surface area contributed by atoms with Gasteiger partial charge in [0.1, 0.15) is 6.61 Å². The van der Waals surface area contributed by atoms with E-state index in [1.807, 2.05) is 12.1 Å². The Morgan fingerprint density at radius 1 is 1.24 bits per heavy atom. The van der Waals surface area contributed by atoms with Gasteiger partial charge in [0.15, 0.2) is 5.15 Å². The Morgan fingerprint density at radius 2 is 1.86 bits per heavy atom. The zero-order valence-electron chi connectivity index (χ0n) is 11.9. The van der Waals surface area contributed by atoms with Crippen LogP contribution in [-0.4, -0.2) is 10.3 Å². The maximum Gasteiger partial charge on any atom is 0.338 e. The maximum absolute atomic E-state index is 12.0.